The highest BCUT2D eigenvalue weighted by molar-refractivity contribution is 5.87. The van der Waals surface area contributed by atoms with Gasteiger partial charge in [0.05, 0.1) is 13.2 Å². The van der Waals surface area contributed by atoms with Gasteiger partial charge in [0.15, 0.2) is 0 Å². The number of methoxy groups -OCH3 is 1. The maximum absolute atomic E-state index is 11.9. The van der Waals surface area contributed by atoms with Crippen molar-refractivity contribution >= 4 is 12.0 Å². The number of rotatable bonds is 6. The summed E-state index contributed by atoms with van der Waals surface area (Å²) in [6.45, 7) is 0.0126. The Balaban J connectivity index is 1.53. The third kappa shape index (κ3) is 4.37. The lowest BCUT2D eigenvalue weighted by molar-refractivity contribution is 0.174. The number of hydrogen-bond donors (Lipinski definition) is 3. The molecule has 1 atom stereocenters. The fourth-order valence-electron chi connectivity index (χ4n) is 2.28. The van der Waals surface area contributed by atoms with Gasteiger partial charge in [0.1, 0.15) is 5.75 Å². The monoisotopic (exact) mass is 354 g/mol. The van der Waals surface area contributed by atoms with Gasteiger partial charge in [0.25, 0.3) is 0 Å². The summed E-state index contributed by atoms with van der Waals surface area (Å²) >= 11 is 0. The van der Waals surface area contributed by atoms with Crippen molar-refractivity contribution < 1.29 is 19.2 Å². The lowest BCUT2D eigenvalue weighted by atomic mass is 10.1. The van der Waals surface area contributed by atoms with Crippen LogP contribution < -0.4 is 15.4 Å². The lowest BCUT2D eigenvalue weighted by Gasteiger charge is -2.13. The second-order valence-corrected chi connectivity index (χ2v) is 5.42. The fraction of sp³-hybridized carbons (Fsp3) is 0.167. The summed E-state index contributed by atoms with van der Waals surface area (Å²) in [6, 6.07) is 15.6. The van der Waals surface area contributed by atoms with Crippen LogP contribution in [0.2, 0.25) is 0 Å². The first-order chi connectivity index (χ1) is 12.7. The summed E-state index contributed by atoms with van der Waals surface area (Å²) in [5.41, 5.74) is 1.41. The Hall–Kier alpha value is -3.39. The minimum atomic E-state index is -0.876. The molecule has 134 valence electrons. The first kappa shape index (κ1) is 17.4. The summed E-state index contributed by atoms with van der Waals surface area (Å²) in [7, 11) is 1.55. The molecule has 3 rings (SSSR count). The molecule has 1 heterocycles. The number of nitrogens with one attached hydrogen (secondary N) is 2. The average Bonchev–Trinajstić information content (AvgIpc) is 3.15. The van der Waals surface area contributed by atoms with Gasteiger partial charge in [0.2, 0.25) is 5.82 Å². The van der Waals surface area contributed by atoms with Gasteiger partial charge >= 0.3 is 12.0 Å². The lowest BCUT2D eigenvalue weighted by Crippen LogP contribution is -2.32. The van der Waals surface area contributed by atoms with Crippen molar-refractivity contribution in [2.75, 3.05) is 19.0 Å². The molecule has 0 radical (unpaired) electrons. The van der Waals surface area contributed by atoms with E-state index in [0.29, 0.717) is 17.1 Å². The van der Waals surface area contributed by atoms with Crippen molar-refractivity contribution in [2.24, 2.45) is 0 Å². The maximum atomic E-state index is 11.9. The maximum Gasteiger partial charge on any atom is 0.329 e. The molecule has 1 aromatic heterocycles. The summed E-state index contributed by atoms with van der Waals surface area (Å²) in [4.78, 5) is 16.0. The molecule has 0 bridgehead atoms. The molecule has 0 aliphatic carbocycles. The Kier molecular flexibility index (Phi) is 5.45. The van der Waals surface area contributed by atoms with Gasteiger partial charge in [0, 0.05) is 12.1 Å². The minimum Gasteiger partial charge on any atom is -0.497 e. The number of anilines is 1. The fourth-order valence-corrected chi connectivity index (χ4v) is 2.28. The number of amides is 2. The van der Waals surface area contributed by atoms with Crippen LogP contribution in [0.25, 0.3) is 11.4 Å². The van der Waals surface area contributed by atoms with Crippen molar-refractivity contribution in [3.05, 3.63) is 60.2 Å². The van der Waals surface area contributed by atoms with Gasteiger partial charge in [-0.2, -0.15) is 4.98 Å². The van der Waals surface area contributed by atoms with Crippen molar-refractivity contribution in [3.8, 4) is 17.1 Å². The summed E-state index contributed by atoms with van der Waals surface area (Å²) < 4.78 is 10.1. The number of carbonyl (C=O) groups is 1. The average molecular weight is 354 g/mol. The molecule has 0 saturated carbocycles. The zero-order valence-corrected chi connectivity index (χ0v) is 14.0. The van der Waals surface area contributed by atoms with E-state index in [1.807, 2.05) is 30.3 Å². The Labute approximate surface area is 149 Å². The molecule has 0 spiro atoms. The van der Waals surface area contributed by atoms with Crippen molar-refractivity contribution in [2.45, 2.75) is 6.10 Å². The van der Waals surface area contributed by atoms with Gasteiger partial charge in [-0.15, -0.1) is 0 Å². The number of ether oxygens (including phenoxy) is 1. The van der Waals surface area contributed by atoms with Gasteiger partial charge in [-0.1, -0.05) is 47.6 Å². The van der Waals surface area contributed by atoms with Crippen molar-refractivity contribution in [1.82, 2.24) is 15.5 Å². The number of carbonyl (C=O) groups excluding carboxylic acids is 1. The molecule has 0 fully saturated rings. The van der Waals surface area contributed by atoms with E-state index >= 15 is 0 Å². The standard InChI is InChI=1S/C18H18N4O4/c1-25-14-9-5-8-13(10-14)15(23)11-19-17(24)21-18-20-16(22-26-18)12-6-3-2-4-7-12/h2-10,15,23H,11H2,1H3,(H2,19,20,21,22,24). The number of nitrogens with zero attached hydrogens (tertiary/aromatic N) is 2. The molecule has 8 nitrogen and oxygen atoms in total. The summed E-state index contributed by atoms with van der Waals surface area (Å²) in [6.07, 6.45) is -0.876. The highest BCUT2D eigenvalue weighted by atomic mass is 16.5. The number of urea groups is 1. The topological polar surface area (TPSA) is 110 Å². The second-order valence-electron chi connectivity index (χ2n) is 5.42. The normalized spacial score (nSPS) is 11.6. The largest absolute Gasteiger partial charge is 0.497 e. The van der Waals surface area contributed by atoms with Crippen LogP contribution >= 0.6 is 0 Å². The summed E-state index contributed by atoms with van der Waals surface area (Å²) in [5, 5.41) is 19.0. The Morgan fingerprint density at radius 2 is 2.04 bits per heavy atom. The van der Waals surface area contributed by atoms with Crippen LogP contribution in [0, 0.1) is 0 Å². The molecule has 1 unspecified atom stereocenters. The van der Waals surface area contributed by atoms with Crippen LogP contribution in [0.3, 0.4) is 0 Å². The van der Waals surface area contributed by atoms with Crippen LogP contribution in [0.5, 0.6) is 5.75 Å². The van der Waals surface area contributed by atoms with E-state index in [1.165, 1.54) is 0 Å². The quantitative estimate of drug-likeness (QED) is 0.628. The van der Waals surface area contributed by atoms with Gasteiger partial charge < -0.3 is 19.7 Å². The highest BCUT2D eigenvalue weighted by Crippen LogP contribution is 2.19. The van der Waals surface area contributed by atoms with E-state index < -0.39 is 12.1 Å². The van der Waals surface area contributed by atoms with Crippen molar-refractivity contribution in [1.29, 1.82) is 0 Å². The molecule has 2 amide bonds. The highest BCUT2D eigenvalue weighted by Gasteiger charge is 2.13. The minimum absolute atomic E-state index is 0.0126. The van der Waals surface area contributed by atoms with Crippen LogP contribution in [-0.4, -0.2) is 34.9 Å². The van der Waals surface area contributed by atoms with Crippen LogP contribution in [-0.2, 0) is 0 Å². The third-order valence-corrected chi connectivity index (χ3v) is 3.61. The first-order valence-corrected chi connectivity index (χ1v) is 7.91. The Bertz CT molecular complexity index is 866. The number of hydrogen-bond acceptors (Lipinski definition) is 6. The van der Waals surface area contributed by atoms with Crippen LogP contribution in [0.15, 0.2) is 59.1 Å². The number of benzene rings is 2. The molecule has 2 aromatic carbocycles. The second kappa shape index (κ2) is 8.13. The molecular weight excluding hydrogens is 336 g/mol. The molecule has 0 aliphatic heterocycles. The smallest absolute Gasteiger partial charge is 0.329 e. The molecule has 0 aliphatic rings. The van der Waals surface area contributed by atoms with Crippen LogP contribution in [0.1, 0.15) is 11.7 Å². The predicted octanol–water partition coefficient (Wildman–Crippen LogP) is 2.60. The van der Waals surface area contributed by atoms with E-state index in [2.05, 4.69) is 20.8 Å². The van der Waals surface area contributed by atoms with Gasteiger partial charge in [-0.3, -0.25) is 5.32 Å². The third-order valence-electron chi connectivity index (χ3n) is 3.61. The van der Waals surface area contributed by atoms with E-state index in [9.17, 15) is 9.90 Å². The predicted molar refractivity (Wildman–Crippen MR) is 94.7 cm³/mol. The SMILES string of the molecule is COc1cccc(C(O)CNC(=O)Nc2nc(-c3ccccc3)no2)c1. The van der Waals surface area contributed by atoms with E-state index in [4.69, 9.17) is 9.26 Å². The van der Waals surface area contributed by atoms with Crippen LogP contribution in [0.4, 0.5) is 10.8 Å². The number of aliphatic hydroxyl groups excluding tert-OH is 1. The van der Waals surface area contributed by atoms with E-state index in [0.717, 1.165) is 5.56 Å². The molecule has 3 N–H and O–H groups in total. The molecule has 0 saturated heterocycles. The Morgan fingerprint density at radius 1 is 1.23 bits per heavy atom. The van der Waals surface area contributed by atoms with Crippen molar-refractivity contribution in [3.63, 3.8) is 0 Å². The molecule has 26 heavy (non-hydrogen) atoms. The molecular formula is C18H18N4O4. The Morgan fingerprint density at radius 3 is 2.81 bits per heavy atom. The van der Waals surface area contributed by atoms with E-state index in [1.54, 1.807) is 31.4 Å². The number of aliphatic hydroxyl groups is 1. The van der Waals surface area contributed by atoms with Gasteiger partial charge in [-0.25, -0.2) is 4.79 Å². The zero-order chi connectivity index (χ0) is 18.4. The molecule has 8 heteroatoms. The van der Waals surface area contributed by atoms with Gasteiger partial charge in [-0.05, 0) is 17.7 Å². The summed E-state index contributed by atoms with van der Waals surface area (Å²) in [5.74, 6) is 1.00. The molecule has 3 aromatic rings. The van der Waals surface area contributed by atoms with E-state index in [-0.39, 0.29) is 12.6 Å². The number of aromatic nitrogens is 2. The first-order valence-electron chi connectivity index (χ1n) is 7.91. The zero-order valence-electron chi connectivity index (χ0n) is 14.0.